The first-order valence-corrected chi connectivity index (χ1v) is 8.08. The Hall–Kier alpha value is -2.63. The third-order valence-corrected chi connectivity index (χ3v) is 5.20. The summed E-state index contributed by atoms with van der Waals surface area (Å²) in [7, 11) is 0. The average molecular weight is 326 g/mol. The molecule has 6 heteroatoms. The second kappa shape index (κ2) is 5.19. The molecule has 2 aliphatic rings. The van der Waals surface area contributed by atoms with E-state index in [2.05, 4.69) is 0 Å². The minimum absolute atomic E-state index is 0.0526. The van der Waals surface area contributed by atoms with E-state index in [-0.39, 0.29) is 24.2 Å². The van der Waals surface area contributed by atoms with Crippen LogP contribution >= 0.6 is 0 Å². The number of aromatic nitrogens is 1. The molecule has 0 radical (unpaired) electrons. The quantitative estimate of drug-likeness (QED) is 0.869. The molecule has 4 rings (SSSR count). The Morgan fingerprint density at radius 3 is 2.71 bits per heavy atom. The van der Waals surface area contributed by atoms with Crippen LogP contribution in [0.5, 0.6) is 0 Å². The molecule has 0 unspecified atom stereocenters. The Kier molecular flexibility index (Phi) is 3.23. The van der Waals surface area contributed by atoms with Crippen molar-refractivity contribution in [2.24, 2.45) is 11.8 Å². The lowest BCUT2D eigenvalue weighted by atomic mass is 10.1. The lowest BCUT2D eigenvalue weighted by molar-refractivity contribution is -0.149. The minimum atomic E-state index is -0.921. The third-order valence-electron chi connectivity index (χ3n) is 5.20. The Morgan fingerprint density at radius 1 is 1.25 bits per heavy atom. The highest BCUT2D eigenvalue weighted by Gasteiger charge is 2.56. The minimum Gasteiger partial charge on any atom is -0.480 e. The Labute approximate surface area is 138 Å². The van der Waals surface area contributed by atoms with Crippen LogP contribution in [0.2, 0.25) is 0 Å². The molecule has 3 atom stereocenters. The molecule has 1 saturated carbocycles. The first-order valence-electron chi connectivity index (χ1n) is 8.08. The number of fused-ring (bicyclic) bond motifs is 2. The number of nitrogens with zero attached hydrogens (tertiary/aromatic N) is 2. The maximum absolute atomic E-state index is 12.7. The number of carboxylic acid groups (broad SMARTS) is 1. The van der Waals surface area contributed by atoms with Crippen LogP contribution in [0.4, 0.5) is 0 Å². The van der Waals surface area contributed by atoms with Crippen molar-refractivity contribution in [2.75, 3.05) is 6.54 Å². The molecule has 2 heterocycles. The molecule has 1 aliphatic carbocycles. The molecule has 124 valence electrons. The summed E-state index contributed by atoms with van der Waals surface area (Å²) in [6, 6.07) is 6.74. The number of benzene rings is 1. The number of likely N-dealkylation sites (tertiary alicyclic amines) is 1. The van der Waals surface area contributed by atoms with Crippen LogP contribution < -0.4 is 0 Å². The highest BCUT2D eigenvalue weighted by Crippen LogP contribution is 2.49. The molecule has 6 nitrogen and oxygen atoms in total. The fraction of sp³-hybridized carbons (Fsp3) is 0.389. The molecule has 2 fully saturated rings. The van der Waals surface area contributed by atoms with Crippen molar-refractivity contribution in [1.82, 2.24) is 9.47 Å². The fourth-order valence-electron chi connectivity index (χ4n) is 3.93. The van der Waals surface area contributed by atoms with Gasteiger partial charge in [0.15, 0.2) is 5.78 Å². The molecule has 1 amide bonds. The normalized spacial score (nSPS) is 24.9. The van der Waals surface area contributed by atoms with Gasteiger partial charge in [-0.1, -0.05) is 18.2 Å². The highest BCUT2D eigenvalue weighted by molar-refractivity contribution is 6.07. The van der Waals surface area contributed by atoms with Crippen LogP contribution in [0, 0.1) is 11.8 Å². The number of para-hydroxylation sites is 1. The molecular weight excluding hydrogens is 308 g/mol. The number of Topliss-reactive ketones (excluding diaryl/α,β-unsaturated/α-hetero) is 1. The largest absolute Gasteiger partial charge is 0.480 e. The zero-order valence-corrected chi connectivity index (χ0v) is 13.3. The van der Waals surface area contributed by atoms with Crippen LogP contribution in [0.25, 0.3) is 10.9 Å². The van der Waals surface area contributed by atoms with Gasteiger partial charge in [0.05, 0.1) is 0 Å². The summed E-state index contributed by atoms with van der Waals surface area (Å²) in [5.74, 6) is -0.728. The zero-order valence-electron chi connectivity index (χ0n) is 13.3. The molecule has 0 bridgehead atoms. The summed E-state index contributed by atoms with van der Waals surface area (Å²) >= 11 is 0. The van der Waals surface area contributed by atoms with Crippen molar-refractivity contribution in [2.45, 2.75) is 25.9 Å². The second-order valence-electron chi connectivity index (χ2n) is 6.73. The van der Waals surface area contributed by atoms with Crippen molar-refractivity contribution in [3.8, 4) is 0 Å². The number of piperidine rings is 1. The molecule has 1 aliphatic heterocycles. The molecular formula is C18H18N2O4. The molecule has 1 aromatic heterocycles. The topological polar surface area (TPSA) is 79.6 Å². The number of ketones is 1. The predicted molar refractivity (Wildman–Crippen MR) is 86.7 cm³/mol. The van der Waals surface area contributed by atoms with Gasteiger partial charge in [0.25, 0.3) is 0 Å². The van der Waals surface area contributed by atoms with E-state index in [0.29, 0.717) is 18.0 Å². The SMILES string of the molecule is CC(=O)c1cn(CC(=O)N2C[C@@H]3C[C@@H]3[C@H]2C(=O)O)c2ccccc12. The predicted octanol–water partition coefficient (Wildman–Crippen LogP) is 1.78. The standard InChI is InChI=1S/C18H18N2O4/c1-10(21)14-8-19(15-5-3-2-4-12(14)15)9-16(22)20-7-11-6-13(11)17(20)18(23)24/h2-5,8,11,13,17H,6-7,9H2,1H3,(H,23,24)/t11-,13-,17-/m0/s1. The van der Waals surface area contributed by atoms with Crippen molar-refractivity contribution >= 4 is 28.6 Å². The van der Waals surface area contributed by atoms with Gasteiger partial charge in [0, 0.05) is 29.2 Å². The number of hydrogen-bond donors (Lipinski definition) is 1. The van der Waals surface area contributed by atoms with E-state index >= 15 is 0 Å². The molecule has 1 aromatic carbocycles. The van der Waals surface area contributed by atoms with Gasteiger partial charge in [-0.3, -0.25) is 9.59 Å². The van der Waals surface area contributed by atoms with Crippen molar-refractivity contribution in [3.05, 3.63) is 36.0 Å². The van der Waals surface area contributed by atoms with Crippen LogP contribution in [-0.2, 0) is 16.1 Å². The highest BCUT2D eigenvalue weighted by atomic mass is 16.4. The summed E-state index contributed by atoms with van der Waals surface area (Å²) in [6.45, 7) is 2.08. The van der Waals surface area contributed by atoms with Gasteiger partial charge in [0.1, 0.15) is 12.6 Å². The number of carbonyl (C=O) groups excluding carboxylic acids is 2. The van der Waals surface area contributed by atoms with Gasteiger partial charge in [-0.2, -0.15) is 0 Å². The fourth-order valence-corrected chi connectivity index (χ4v) is 3.93. The average Bonchev–Trinajstić information content (AvgIpc) is 3.04. The van der Waals surface area contributed by atoms with E-state index in [0.717, 1.165) is 17.3 Å². The number of aliphatic carboxylic acids is 1. The Bertz CT molecular complexity index is 869. The molecule has 2 aromatic rings. The van der Waals surface area contributed by atoms with Gasteiger partial charge in [0.2, 0.25) is 5.91 Å². The smallest absolute Gasteiger partial charge is 0.326 e. The number of carbonyl (C=O) groups is 3. The van der Waals surface area contributed by atoms with Crippen LogP contribution in [-0.4, -0.2) is 44.8 Å². The summed E-state index contributed by atoms with van der Waals surface area (Å²) in [5, 5.41) is 10.2. The summed E-state index contributed by atoms with van der Waals surface area (Å²) in [4.78, 5) is 37.4. The maximum atomic E-state index is 12.7. The first-order chi connectivity index (χ1) is 11.5. The van der Waals surface area contributed by atoms with Crippen LogP contribution in [0.15, 0.2) is 30.5 Å². The maximum Gasteiger partial charge on any atom is 0.326 e. The van der Waals surface area contributed by atoms with Crippen molar-refractivity contribution in [3.63, 3.8) is 0 Å². The number of carboxylic acids is 1. The molecule has 1 N–H and O–H groups in total. The summed E-state index contributed by atoms with van der Waals surface area (Å²) < 4.78 is 1.75. The van der Waals surface area contributed by atoms with E-state index in [9.17, 15) is 19.5 Å². The van der Waals surface area contributed by atoms with E-state index in [4.69, 9.17) is 0 Å². The number of rotatable bonds is 4. The first kappa shape index (κ1) is 14.9. The lowest BCUT2D eigenvalue weighted by Crippen LogP contribution is -2.44. The third kappa shape index (κ3) is 2.21. The van der Waals surface area contributed by atoms with Gasteiger partial charge < -0.3 is 14.6 Å². The lowest BCUT2D eigenvalue weighted by Gasteiger charge is -2.24. The van der Waals surface area contributed by atoms with E-state index < -0.39 is 12.0 Å². The Morgan fingerprint density at radius 2 is 2.00 bits per heavy atom. The van der Waals surface area contributed by atoms with Gasteiger partial charge in [-0.25, -0.2) is 4.79 Å². The second-order valence-corrected chi connectivity index (χ2v) is 6.73. The van der Waals surface area contributed by atoms with Crippen molar-refractivity contribution < 1.29 is 19.5 Å². The monoisotopic (exact) mass is 326 g/mol. The van der Waals surface area contributed by atoms with E-state index in [1.807, 2.05) is 24.3 Å². The van der Waals surface area contributed by atoms with Crippen LogP contribution in [0.3, 0.4) is 0 Å². The van der Waals surface area contributed by atoms with Crippen molar-refractivity contribution in [1.29, 1.82) is 0 Å². The summed E-state index contributed by atoms with van der Waals surface area (Å²) in [6.07, 6.45) is 2.60. The van der Waals surface area contributed by atoms with Gasteiger partial charge >= 0.3 is 5.97 Å². The molecule has 0 spiro atoms. The van der Waals surface area contributed by atoms with Crippen LogP contribution in [0.1, 0.15) is 23.7 Å². The molecule has 24 heavy (non-hydrogen) atoms. The Balaban J connectivity index is 1.64. The van der Waals surface area contributed by atoms with E-state index in [1.54, 1.807) is 10.8 Å². The number of amides is 1. The van der Waals surface area contributed by atoms with E-state index in [1.165, 1.54) is 11.8 Å². The molecule has 1 saturated heterocycles. The zero-order chi connectivity index (χ0) is 17.0. The summed E-state index contributed by atoms with van der Waals surface area (Å²) in [5.41, 5.74) is 1.39. The number of hydrogen-bond acceptors (Lipinski definition) is 3. The van der Waals surface area contributed by atoms with Gasteiger partial charge in [-0.15, -0.1) is 0 Å². The van der Waals surface area contributed by atoms with Gasteiger partial charge in [-0.05, 0) is 31.2 Å².